The molecule has 0 heterocycles. The highest BCUT2D eigenvalue weighted by atomic mass is 19.0. The molecule has 1 rings (SSSR count). The topological polar surface area (TPSA) is 26.0 Å². The summed E-state index contributed by atoms with van der Waals surface area (Å²) in [6.07, 6.45) is 0. The third-order valence-electron chi connectivity index (χ3n) is 1.08. The standard InChI is InChI=1S/C7H9N.3FH/c1-6-2-4-7(8)5-3-6;;;/h2-5H,8H2,1H3;3*1H. The zero-order valence-electron chi connectivity index (χ0n) is 6.11. The van der Waals surface area contributed by atoms with Crippen LogP contribution in [0.4, 0.5) is 19.8 Å². The number of nitrogens with two attached hydrogens (primary N) is 1. The Kier molecular flexibility index (Phi) is 10.3. The third-order valence-corrected chi connectivity index (χ3v) is 1.08. The van der Waals surface area contributed by atoms with Crippen LogP contribution in [-0.4, -0.2) is 0 Å². The van der Waals surface area contributed by atoms with E-state index in [0.29, 0.717) is 0 Å². The Morgan fingerprint density at radius 2 is 1.27 bits per heavy atom. The van der Waals surface area contributed by atoms with Crippen molar-refractivity contribution in [3.8, 4) is 0 Å². The third kappa shape index (κ3) is 5.26. The first-order valence-electron chi connectivity index (χ1n) is 2.61. The molecular weight excluding hydrogens is 155 g/mol. The number of halogens is 3. The van der Waals surface area contributed by atoms with E-state index in [0.717, 1.165) is 5.69 Å². The minimum absolute atomic E-state index is 0. The van der Waals surface area contributed by atoms with Crippen LogP contribution >= 0.6 is 0 Å². The van der Waals surface area contributed by atoms with Gasteiger partial charge < -0.3 is 5.73 Å². The fraction of sp³-hybridized carbons (Fsp3) is 0.143. The van der Waals surface area contributed by atoms with Crippen LogP contribution in [0.2, 0.25) is 0 Å². The minimum Gasteiger partial charge on any atom is -0.399 e. The highest BCUT2D eigenvalue weighted by Gasteiger charge is 1.80. The molecule has 0 aliphatic heterocycles. The van der Waals surface area contributed by atoms with E-state index >= 15 is 0 Å². The van der Waals surface area contributed by atoms with Gasteiger partial charge in [-0.15, -0.1) is 0 Å². The molecular formula is C7H12F3N. The van der Waals surface area contributed by atoms with E-state index in [1.807, 2.05) is 31.2 Å². The van der Waals surface area contributed by atoms with E-state index in [4.69, 9.17) is 5.73 Å². The average Bonchev–Trinajstić information content (AvgIpc) is 1.77. The van der Waals surface area contributed by atoms with Crippen molar-refractivity contribution < 1.29 is 14.1 Å². The molecule has 0 fully saturated rings. The molecule has 0 aliphatic carbocycles. The Labute approximate surface area is 63.3 Å². The van der Waals surface area contributed by atoms with Crippen LogP contribution in [0.25, 0.3) is 0 Å². The van der Waals surface area contributed by atoms with E-state index < -0.39 is 0 Å². The molecule has 11 heavy (non-hydrogen) atoms. The lowest BCUT2D eigenvalue weighted by atomic mass is 10.2. The molecule has 0 saturated heterocycles. The summed E-state index contributed by atoms with van der Waals surface area (Å²) >= 11 is 0. The van der Waals surface area contributed by atoms with Crippen LogP contribution in [0, 0.1) is 6.92 Å². The first kappa shape index (κ1) is 16.4. The summed E-state index contributed by atoms with van der Waals surface area (Å²) in [6, 6.07) is 7.79. The monoisotopic (exact) mass is 167 g/mol. The van der Waals surface area contributed by atoms with E-state index in [1.54, 1.807) is 0 Å². The molecule has 0 spiro atoms. The maximum absolute atomic E-state index is 5.43. The summed E-state index contributed by atoms with van der Waals surface area (Å²) in [5.74, 6) is 0. The summed E-state index contributed by atoms with van der Waals surface area (Å²) in [5.41, 5.74) is 7.51. The number of aryl methyl sites for hydroxylation is 1. The Morgan fingerprint density at radius 3 is 1.55 bits per heavy atom. The smallest absolute Gasteiger partial charge is 0.0314 e. The van der Waals surface area contributed by atoms with E-state index in [9.17, 15) is 0 Å². The number of anilines is 1. The average molecular weight is 167 g/mol. The van der Waals surface area contributed by atoms with Gasteiger partial charge >= 0.3 is 0 Å². The van der Waals surface area contributed by atoms with Crippen molar-refractivity contribution in [1.29, 1.82) is 0 Å². The molecule has 0 amide bonds. The summed E-state index contributed by atoms with van der Waals surface area (Å²) in [7, 11) is 0. The van der Waals surface area contributed by atoms with Gasteiger partial charge in [-0.3, -0.25) is 14.1 Å². The van der Waals surface area contributed by atoms with Gasteiger partial charge in [-0.2, -0.15) is 0 Å². The lowest BCUT2D eigenvalue weighted by Gasteiger charge is -1.90. The van der Waals surface area contributed by atoms with Crippen LogP contribution in [0.3, 0.4) is 0 Å². The fourth-order valence-electron chi connectivity index (χ4n) is 0.566. The number of rotatable bonds is 0. The predicted molar refractivity (Wildman–Crippen MR) is 43.1 cm³/mol. The second-order valence-electron chi connectivity index (χ2n) is 1.91. The Hall–Kier alpha value is -1.19. The predicted octanol–water partition coefficient (Wildman–Crippen LogP) is 2.03. The Balaban J connectivity index is -0.000000213. The summed E-state index contributed by atoms with van der Waals surface area (Å²) in [5, 5.41) is 0. The van der Waals surface area contributed by atoms with Gasteiger partial charge in [0, 0.05) is 5.69 Å². The van der Waals surface area contributed by atoms with Gasteiger partial charge in [-0.05, 0) is 19.1 Å². The zero-order chi connectivity index (χ0) is 5.98. The van der Waals surface area contributed by atoms with Crippen LogP contribution < -0.4 is 5.73 Å². The maximum atomic E-state index is 5.43. The van der Waals surface area contributed by atoms with Crippen LogP contribution in [0.5, 0.6) is 0 Å². The normalized spacial score (nSPS) is 6.64. The van der Waals surface area contributed by atoms with Crippen molar-refractivity contribution in [2.75, 3.05) is 5.73 Å². The lowest BCUT2D eigenvalue weighted by Crippen LogP contribution is -1.81. The van der Waals surface area contributed by atoms with Crippen molar-refractivity contribution in [2.24, 2.45) is 0 Å². The van der Waals surface area contributed by atoms with Gasteiger partial charge in [0.1, 0.15) is 0 Å². The minimum atomic E-state index is 0. The first-order valence-corrected chi connectivity index (χ1v) is 2.61. The second kappa shape index (κ2) is 6.92. The van der Waals surface area contributed by atoms with Gasteiger partial charge in [-0.25, -0.2) is 0 Å². The molecule has 4 heteroatoms. The summed E-state index contributed by atoms with van der Waals surface area (Å²) in [6.45, 7) is 2.04. The quantitative estimate of drug-likeness (QED) is 0.588. The molecule has 0 aliphatic rings. The van der Waals surface area contributed by atoms with Crippen LogP contribution in [0.15, 0.2) is 24.3 Å². The zero-order valence-corrected chi connectivity index (χ0v) is 6.11. The van der Waals surface area contributed by atoms with Crippen molar-refractivity contribution in [1.82, 2.24) is 0 Å². The first-order chi connectivity index (χ1) is 3.79. The van der Waals surface area contributed by atoms with Gasteiger partial charge in [0.25, 0.3) is 0 Å². The second-order valence-corrected chi connectivity index (χ2v) is 1.91. The van der Waals surface area contributed by atoms with Gasteiger partial charge in [-0.1, -0.05) is 17.7 Å². The van der Waals surface area contributed by atoms with Crippen molar-refractivity contribution in [3.63, 3.8) is 0 Å². The molecule has 66 valence electrons. The highest BCUT2D eigenvalue weighted by molar-refractivity contribution is 5.38. The molecule has 0 aromatic heterocycles. The number of benzene rings is 1. The molecule has 0 saturated carbocycles. The largest absolute Gasteiger partial charge is 0.399 e. The summed E-state index contributed by atoms with van der Waals surface area (Å²) < 4.78 is 0. The Bertz CT molecular complexity index is 153. The number of hydrogen-bond donors (Lipinski definition) is 1. The fourth-order valence-corrected chi connectivity index (χ4v) is 0.566. The summed E-state index contributed by atoms with van der Waals surface area (Å²) in [4.78, 5) is 0. The van der Waals surface area contributed by atoms with Crippen molar-refractivity contribution >= 4 is 5.69 Å². The molecule has 0 bridgehead atoms. The highest BCUT2D eigenvalue weighted by Crippen LogP contribution is 2.02. The molecule has 0 unspecified atom stereocenters. The van der Waals surface area contributed by atoms with E-state index in [2.05, 4.69) is 0 Å². The van der Waals surface area contributed by atoms with Gasteiger partial charge in [0.05, 0.1) is 0 Å². The molecule has 0 radical (unpaired) electrons. The number of nitrogen functional groups attached to an aromatic ring is 1. The number of hydrogen-bond acceptors (Lipinski definition) is 1. The van der Waals surface area contributed by atoms with Crippen LogP contribution in [-0.2, 0) is 0 Å². The van der Waals surface area contributed by atoms with Gasteiger partial charge in [0.15, 0.2) is 0 Å². The maximum Gasteiger partial charge on any atom is 0.0314 e. The molecule has 2 N–H and O–H groups in total. The van der Waals surface area contributed by atoms with Crippen molar-refractivity contribution in [3.05, 3.63) is 29.8 Å². The van der Waals surface area contributed by atoms with Crippen molar-refractivity contribution in [2.45, 2.75) is 6.92 Å². The SMILES string of the molecule is Cc1ccc(N)cc1.F.F.F. The van der Waals surface area contributed by atoms with Crippen LogP contribution in [0.1, 0.15) is 5.56 Å². The molecule has 1 aromatic carbocycles. The molecule has 0 atom stereocenters. The molecule has 1 aromatic rings. The lowest BCUT2D eigenvalue weighted by molar-refractivity contribution is 1.11. The Morgan fingerprint density at radius 1 is 0.909 bits per heavy atom. The van der Waals surface area contributed by atoms with Gasteiger partial charge in [0.2, 0.25) is 0 Å². The van der Waals surface area contributed by atoms with E-state index in [1.165, 1.54) is 5.56 Å². The van der Waals surface area contributed by atoms with E-state index in [-0.39, 0.29) is 14.1 Å². The molecule has 1 nitrogen and oxygen atoms in total.